The molecule has 0 heterocycles. The molecular formula is C2H4S2. The van der Waals surface area contributed by atoms with Crippen LogP contribution in [0.2, 0.25) is 0 Å². The summed E-state index contributed by atoms with van der Waals surface area (Å²) in [5.41, 5.74) is 0. The summed E-state index contributed by atoms with van der Waals surface area (Å²) >= 11 is 7.67. The summed E-state index contributed by atoms with van der Waals surface area (Å²) in [7, 11) is 0. The molecule has 4 heavy (non-hydrogen) atoms. The molecule has 0 spiro atoms. The van der Waals surface area contributed by atoms with Gasteiger partial charge in [0, 0.05) is 0 Å². The molecule has 0 aliphatic carbocycles. The van der Waals surface area contributed by atoms with Gasteiger partial charge in [0.2, 0.25) is 0 Å². The SMILES string of the molecule is C=S.C=S. The molecule has 0 radical (unpaired) electrons. The number of rotatable bonds is 0. The molecule has 0 aromatic rings. The summed E-state index contributed by atoms with van der Waals surface area (Å²) < 4.78 is 0. The van der Waals surface area contributed by atoms with Gasteiger partial charge in [0.15, 0.2) is 0 Å². The van der Waals surface area contributed by atoms with Gasteiger partial charge in [-0.15, -0.1) is 0 Å². The Morgan fingerprint density at radius 3 is 0.750 bits per heavy atom. The van der Waals surface area contributed by atoms with Gasteiger partial charge in [-0.2, -0.15) is 0 Å². The third-order valence-electron chi connectivity index (χ3n) is 0. The minimum absolute atomic E-state index is 2.83. The lowest BCUT2D eigenvalue weighted by Crippen LogP contribution is -0.661. The number of hydrogen-bond donors (Lipinski definition) is 0. The van der Waals surface area contributed by atoms with Crippen molar-refractivity contribution in [1.82, 2.24) is 0 Å². The molecule has 0 aliphatic rings. The molecule has 0 nitrogen and oxygen atoms in total. The van der Waals surface area contributed by atoms with Gasteiger partial charge < -0.3 is 0 Å². The van der Waals surface area contributed by atoms with Crippen LogP contribution < -0.4 is 0 Å². The Morgan fingerprint density at radius 2 is 0.750 bits per heavy atom. The first kappa shape index (κ1) is 8.89. The maximum atomic E-state index is 3.83. The van der Waals surface area contributed by atoms with Crippen molar-refractivity contribution in [3.63, 3.8) is 0 Å². The van der Waals surface area contributed by atoms with Crippen molar-refractivity contribution in [3.8, 4) is 0 Å². The summed E-state index contributed by atoms with van der Waals surface area (Å²) in [5.74, 6) is 5.67. The molecule has 0 aliphatic heterocycles. The first-order chi connectivity index (χ1) is 2.00. The highest BCUT2D eigenvalue weighted by Gasteiger charge is 0.644. The predicted octanol–water partition coefficient (Wildman–Crippen LogP) is 1.23. The Labute approximate surface area is 36.8 Å². The van der Waals surface area contributed by atoms with Crippen LogP contribution in [-0.4, -0.2) is 11.7 Å². The third-order valence-corrected chi connectivity index (χ3v) is 0. The summed E-state index contributed by atoms with van der Waals surface area (Å²) in [6.07, 6.45) is 0. The van der Waals surface area contributed by atoms with Crippen LogP contribution in [-0.2, 0) is 0 Å². The molecule has 2 heteroatoms. The van der Waals surface area contributed by atoms with E-state index in [0.29, 0.717) is 0 Å². The Balaban J connectivity index is 0. The quantitative estimate of drug-likeness (QED) is 0.412. The molecule has 0 bridgehead atoms. The average Bonchev–Trinajstić information content (AvgIpc) is 1.50. The topological polar surface area (TPSA) is 0 Å². The standard InChI is InChI=1S/2CH2S/c2*1-2/h2*1H2. The second kappa shape index (κ2) is 466. The van der Waals surface area contributed by atoms with Gasteiger partial charge >= 0.3 is 0 Å². The van der Waals surface area contributed by atoms with Crippen molar-refractivity contribution >= 4 is 36.2 Å². The highest BCUT2D eigenvalue weighted by atomic mass is 32.1. The second-order valence-electron chi connectivity index (χ2n) is 0. The minimum Gasteiger partial charge on any atom is -0.0973 e. The van der Waals surface area contributed by atoms with Crippen molar-refractivity contribution < 1.29 is 0 Å². The van der Waals surface area contributed by atoms with Crippen LogP contribution in [0.3, 0.4) is 0 Å². The second-order valence-corrected chi connectivity index (χ2v) is 0. The Kier molecular flexibility index (Phi) is 1040. The Bertz CT molecular complexity index is 6.00. The van der Waals surface area contributed by atoms with Crippen molar-refractivity contribution in [1.29, 1.82) is 0 Å². The molecule has 0 atom stereocenters. The lowest BCUT2D eigenvalue weighted by atomic mass is 12.0. The maximum Gasteiger partial charge on any atom is -0.0351 e. The van der Waals surface area contributed by atoms with E-state index in [1.807, 2.05) is 0 Å². The third kappa shape index (κ3) is 93.7. The van der Waals surface area contributed by atoms with E-state index in [4.69, 9.17) is 0 Å². The lowest BCUT2D eigenvalue weighted by Gasteiger charge is -0.774. The van der Waals surface area contributed by atoms with Gasteiger partial charge in [0.25, 0.3) is 0 Å². The largest absolute Gasteiger partial charge is 0.0973 e. The minimum atomic E-state index is 2.83. The van der Waals surface area contributed by atoms with Gasteiger partial charge in [-0.25, -0.2) is 0 Å². The van der Waals surface area contributed by atoms with E-state index in [2.05, 4.69) is 36.2 Å². The molecule has 0 amide bonds. The molecule has 0 N–H and O–H groups in total. The Morgan fingerprint density at radius 1 is 0.750 bits per heavy atom. The Hall–Kier alpha value is 0.180. The fourth-order valence-corrected chi connectivity index (χ4v) is 0. The van der Waals surface area contributed by atoms with Crippen molar-refractivity contribution in [2.24, 2.45) is 0 Å². The zero-order chi connectivity index (χ0) is 4.00. The number of thiocarbonyl (C=S) groups is 2. The van der Waals surface area contributed by atoms with E-state index in [9.17, 15) is 0 Å². The fraction of sp³-hybridized carbons (Fsp3) is 0. The normalized spacial score (nSPS) is 2.00. The van der Waals surface area contributed by atoms with Crippen LogP contribution in [0.5, 0.6) is 0 Å². The van der Waals surface area contributed by atoms with Crippen molar-refractivity contribution in [3.05, 3.63) is 0 Å². The van der Waals surface area contributed by atoms with Gasteiger partial charge in [-0.1, -0.05) is 24.4 Å². The smallest absolute Gasteiger partial charge is 0.0351 e. The monoisotopic (exact) mass is 92.0 g/mol. The van der Waals surface area contributed by atoms with Crippen LogP contribution in [0.25, 0.3) is 0 Å². The van der Waals surface area contributed by atoms with Gasteiger partial charge in [-0.3, -0.25) is 0 Å². The lowest BCUT2D eigenvalue weighted by molar-refractivity contribution is 4.83. The molecule has 0 aromatic heterocycles. The fourth-order valence-electron chi connectivity index (χ4n) is 0. The first-order valence-corrected chi connectivity index (χ1v) is 1.73. The summed E-state index contributed by atoms with van der Waals surface area (Å²) in [5, 5.41) is 0. The van der Waals surface area contributed by atoms with Crippen LogP contribution in [0.4, 0.5) is 0 Å². The molecule has 0 saturated carbocycles. The van der Waals surface area contributed by atoms with Crippen LogP contribution in [0.1, 0.15) is 0 Å². The zero-order valence-electron chi connectivity index (χ0n) is 2.23. The van der Waals surface area contributed by atoms with Gasteiger partial charge in [-0.05, 0) is 11.7 Å². The van der Waals surface area contributed by atoms with E-state index in [1.54, 1.807) is 0 Å². The molecule has 0 aromatic carbocycles. The van der Waals surface area contributed by atoms with Crippen molar-refractivity contribution in [2.75, 3.05) is 0 Å². The van der Waals surface area contributed by atoms with Crippen LogP contribution >= 0.6 is 24.4 Å². The molecule has 0 rings (SSSR count). The molecule has 24 valence electrons. The summed E-state index contributed by atoms with van der Waals surface area (Å²) in [6.45, 7) is 0. The molecule has 0 saturated heterocycles. The van der Waals surface area contributed by atoms with Crippen LogP contribution in [0, 0.1) is 0 Å². The summed E-state index contributed by atoms with van der Waals surface area (Å²) in [4.78, 5) is 0. The van der Waals surface area contributed by atoms with E-state index in [0.717, 1.165) is 0 Å². The van der Waals surface area contributed by atoms with E-state index >= 15 is 0 Å². The van der Waals surface area contributed by atoms with Gasteiger partial charge in [0.1, 0.15) is 0 Å². The summed E-state index contributed by atoms with van der Waals surface area (Å²) in [6, 6.07) is 0. The van der Waals surface area contributed by atoms with Crippen molar-refractivity contribution in [2.45, 2.75) is 0 Å². The number of hydrogen-bond acceptors (Lipinski definition) is 2. The van der Waals surface area contributed by atoms with E-state index in [-0.39, 0.29) is 0 Å². The van der Waals surface area contributed by atoms with Gasteiger partial charge in [0.05, 0.1) is 0 Å². The molecule has 0 unspecified atom stereocenters. The first-order valence-electron chi connectivity index (χ1n) is 0.577. The highest BCUT2D eigenvalue weighted by molar-refractivity contribution is 7.77. The van der Waals surface area contributed by atoms with E-state index < -0.39 is 0 Å². The predicted molar refractivity (Wildman–Crippen MR) is 29.4 cm³/mol. The average molecular weight is 92.2 g/mol. The molecular weight excluding hydrogens is 88.2 g/mol. The molecule has 0 fully saturated rings. The van der Waals surface area contributed by atoms with E-state index in [1.165, 1.54) is 0 Å². The van der Waals surface area contributed by atoms with Crippen LogP contribution in [0.15, 0.2) is 0 Å². The highest BCUT2D eigenvalue weighted by Crippen LogP contribution is 1.03. The zero-order valence-corrected chi connectivity index (χ0v) is 3.86. The maximum absolute atomic E-state index is 3.83.